The molecule has 1 N–H and O–H groups in total. The Bertz CT molecular complexity index is 1320. The van der Waals surface area contributed by atoms with Gasteiger partial charge in [0.2, 0.25) is 0 Å². The highest BCUT2D eigenvalue weighted by molar-refractivity contribution is 8.00. The number of hydrogen-bond donors (Lipinski definition) is 1. The van der Waals surface area contributed by atoms with Crippen LogP contribution in [0, 0.1) is 11.6 Å². The Morgan fingerprint density at radius 2 is 1.42 bits per heavy atom. The van der Waals surface area contributed by atoms with Crippen LogP contribution in [0.25, 0.3) is 28.2 Å². The summed E-state index contributed by atoms with van der Waals surface area (Å²) >= 11 is 1.22. The molecule has 4 nitrogen and oxygen atoms in total. The first-order valence-electron chi connectivity index (χ1n) is 13.1. The van der Waals surface area contributed by atoms with Crippen molar-refractivity contribution in [2.24, 2.45) is 0 Å². The van der Waals surface area contributed by atoms with Crippen molar-refractivity contribution in [1.82, 2.24) is 9.55 Å². The average molecular weight is 535 g/mol. The summed E-state index contributed by atoms with van der Waals surface area (Å²) < 4.78 is 29.5. The van der Waals surface area contributed by atoms with E-state index in [0.29, 0.717) is 28.5 Å². The highest BCUT2D eigenvalue weighted by Crippen LogP contribution is 2.40. The van der Waals surface area contributed by atoms with E-state index in [9.17, 15) is 18.7 Å². The Kier molecular flexibility index (Phi) is 9.71. The Morgan fingerprint density at radius 1 is 0.842 bits per heavy atom. The molecule has 0 spiro atoms. The number of carboxylic acids is 1. The third kappa shape index (κ3) is 6.90. The zero-order valence-corrected chi connectivity index (χ0v) is 22.3. The Morgan fingerprint density at radius 3 is 2.03 bits per heavy atom. The number of aliphatic carboxylic acids is 1. The summed E-state index contributed by atoms with van der Waals surface area (Å²) in [5, 5.41) is 9.92. The summed E-state index contributed by atoms with van der Waals surface area (Å²) in [5.41, 5.74) is 3.47. The summed E-state index contributed by atoms with van der Waals surface area (Å²) in [7, 11) is 0. The van der Waals surface area contributed by atoms with Crippen molar-refractivity contribution in [3.8, 4) is 28.2 Å². The van der Waals surface area contributed by atoms with E-state index in [1.165, 1.54) is 55.3 Å². The molecule has 4 rings (SSSR count). The molecule has 0 aliphatic carbocycles. The maximum absolute atomic E-state index is 13.8. The van der Waals surface area contributed by atoms with Crippen LogP contribution in [0.15, 0.2) is 84.0 Å². The summed E-state index contributed by atoms with van der Waals surface area (Å²) in [4.78, 5) is 17.2. The number of unbranched alkanes of at least 4 members (excludes halogenated alkanes) is 5. The van der Waals surface area contributed by atoms with Gasteiger partial charge in [-0.3, -0.25) is 9.36 Å². The third-order valence-electron chi connectivity index (χ3n) is 6.44. The molecule has 7 heteroatoms. The Labute approximate surface area is 226 Å². The van der Waals surface area contributed by atoms with Gasteiger partial charge in [-0.1, -0.05) is 75.4 Å². The minimum absolute atomic E-state index is 0.359. The lowest BCUT2D eigenvalue weighted by molar-refractivity contribution is -0.136. The van der Waals surface area contributed by atoms with E-state index >= 15 is 0 Å². The van der Waals surface area contributed by atoms with E-state index in [0.717, 1.165) is 30.5 Å². The highest BCUT2D eigenvalue weighted by atomic mass is 32.2. The number of imidazole rings is 1. The Balaban J connectivity index is 1.78. The van der Waals surface area contributed by atoms with E-state index in [1.807, 2.05) is 34.9 Å². The molecule has 1 heterocycles. The Hall–Kier alpha value is -3.45. The first-order chi connectivity index (χ1) is 18.5. The molecule has 4 aromatic rings. The van der Waals surface area contributed by atoms with Crippen LogP contribution in [0.4, 0.5) is 8.78 Å². The number of aromatic nitrogens is 2. The van der Waals surface area contributed by atoms with Crippen molar-refractivity contribution in [2.75, 3.05) is 0 Å². The number of benzene rings is 3. The lowest BCUT2D eigenvalue weighted by Gasteiger charge is -2.16. The van der Waals surface area contributed by atoms with Crippen molar-refractivity contribution in [3.63, 3.8) is 0 Å². The van der Waals surface area contributed by atoms with Gasteiger partial charge in [0.1, 0.15) is 16.9 Å². The van der Waals surface area contributed by atoms with Gasteiger partial charge >= 0.3 is 5.97 Å². The fourth-order valence-corrected chi connectivity index (χ4v) is 5.53. The fraction of sp³-hybridized carbons (Fsp3) is 0.290. The lowest BCUT2D eigenvalue weighted by atomic mass is 10.0. The second-order valence-electron chi connectivity index (χ2n) is 9.28. The molecule has 0 saturated carbocycles. The van der Waals surface area contributed by atoms with Gasteiger partial charge in [0, 0.05) is 16.8 Å². The SMILES string of the molecule is CCCCCCCCC(Sc1nc(-c2ccc(F)cc2)c(-c2ccc(F)cc2)n1-c1ccccc1)C(=O)O. The molecule has 1 unspecified atom stereocenters. The highest BCUT2D eigenvalue weighted by Gasteiger charge is 2.27. The quantitative estimate of drug-likeness (QED) is 0.138. The number of carbonyl (C=O) groups is 1. The number of carboxylic acid groups (broad SMARTS) is 1. The monoisotopic (exact) mass is 534 g/mol. The molecule has 38 heavy (non-hydrogen) atoms. The predicted octanol–water partition coefficient (Wildman–Crippen LogP) is 8.78. The smallest absolute Gasteiger partial charge is 0.317 e. The molecular weight excluding hydrogens is 502 g/mol. The van der Waals surface area contributed by atoms with Crippen molar-refractivity contribution < 1.29 is 18.7 Å². The van der Waals surface area contributed by atoms with Crippen LogP contribution < -0.4 is 0 Å². The maximum atomic E-state index is 13.8. The molecule has 0 saturated heterocycles. The number of halogens is 2. The van der Waals surface area contributed by atoms with E-state index in [1.54, 1.807) is 24.3 Å². The lowest BCUT2D eigenvalue weighted by Crippen LogP contribution is -2.17. The molecule has 0 aliphatic rings. The van der Waals surface area contributed by atoms with Crippen molar-refractivity contribution in [1.29, 1.82) is 0 Å². The third-order valence-corrected chi connectivity index (χ3v) is 7.65. The molecular formula is C31H32F2N2O2S. The van der Waals surface area contributed by atoms with Crippen LogP contribution in [0.1, 0.15) is 51.9 Å². The molecule has 198 valence electrons. The van der Waals surface area contributed by atoms with Crippen LogP contribution in [0.5, 0.6) is 0 Å². The van der Waals surface area contributed by atoms with Crippen molar-refractivity contribution in [2.45, 2.75) is 62.3 Å². The zero-order valence-electron chi connectivity index (χ0n) is 21.4. The van der Waals surface area contributed by atoms with Gasteiger partial charge < -0.3 is 5.11 Å². The maximum Gasteiger partial charge on any atom is 0.317 e. The molecule has 0 aliphatic heterocycles. The number of nitrogens with zero attached hydrogens (tertiary/aromatic N) is 2. The molecule has 0 radical (unpaired) electrons. The summed E-state index contributed by atoms with van der Waals surface area (Å²) in [6.45, 7) is 2.17. The fourth-order valence-electron chi connectivity index (χ4n) is 4.45. The number of hydrogen-bond acceptors (Lipinski definition) is 3. The first kappa shape index (κ1) is 27.6. The molecule has 0 bridgehead atoms. The second kappa shape index (κ2) is 13.4. The number of thioether (sulfide) groups is 1. The van der Waals surface area contributed by atoms with E-state index < -0.39 is 11.2 Å². The topological polar surface area (TPSA) is 55.1 Å². The normalized spacial score (nSPS) is 12.0. The molecule has 0 fully saturated rings. The van der Waals surface area contributed by atoms with Crippen molar-refractivity contribution >= 4 is 17.7 Å². The molecule has 3 aromatic carbocycles. The van der Waals surface area contributed by atoms with Crippen LogP contribution >= 0.6 is 11.8 Å². The summed E-state index contributed by atoms with van der Waals surface area (Å²) in [6.07, 6.45) is 7.00. The molecule has 0 amide bonds. The van der Waals surface area contributed by atoms with Gasteiger partial charge in [-0.15, -0.1) is 0 Å². The predicted molar refractivity (Wildman–Crippen MR) is 150 cm³/mol. The van der Waals surface area contributed by atoms with Crippen LogP contribution in [-0.4, -0.2) is 25.9 Å². The van der Waals surface area contributed by atoms with Gasteiger partial charge in [-0.25, -0.2) is 13.8 Å². The molecule has 1 atom stereocenters. The van der Waals surface area contributed by atoms with E-state index in [-0.39, 0.29) is 11.6 Å². The van der Waals surface area contributed by atoms with Gasteiger partial charge in [0.25, 0.3) is 0 Å². The summed E-state index contributed by atoms with van der Waals surface area (Å²) in [6, 6.07) is 21.7. The average Bonchev–Trinajstić information content (AvgIpc) is 3.30. The van der Waals surface area contributed by atoms with Crippen LogP contribution in [0.3, 0.4) is 0 Å². The van der Waals surface area contributed by atoms with Crippen LogP contribution in [-0.2, 0) is 4.79 Å². The second-order valence-corrected chi connectivity index (χ2v) is 10.4. The van der Waals surface area contributed by atoms with Gasteiger partial charge in [-0.2, -0.15) is 0 Å². The first-order valence-corrected chi connectivity index (χ1v) is 14.0. The van der Waals surface area contributed by atoms with Gasteiger partial charge in [-0.05, 0) is 67.1 Å². The van der Waals surface area contributed by atoms with Gasteiger partial charge in [0.15, 0.2) is 5.16 Å². The van der Waals surface area contributed by atoms with Crippen LogP contribution in [0.2, 0.25) is 0 Å². The largest absolute Gasteiger partial charge is 0.480 e. The van der Waals surface area contributed by atoms with E-state index in [2.05, 4.69) is 6.92 Å². The molecule has 1 aromatic heterocycles. The number of para-hydroxylation sites is 1. The van der Waals surface area contributed by atoms with Crippen molar-refractivity contribution in [3.05, 3.63) is 90.5 Å². The standard InChI is InChI=1S/C31H32F2N2O2S/c1-2-3-4-5-6-10-13-27(30(36)37)38-31-34-28(22-14-18-24(32)19-15-22)29(23-16-20-25(33)21-17-23)35(31)26-11-8-7-9-12-26/h7-9,11-12,14-21,27H,2-6,10,13H2,1H3,(H,36,37). The van der Waals surface area contributed by atoms with E-state index in [4.69, 9.17) is 4.98 Å². The number of rotatable bonds is 13. The minimum atomic E-state index is -0.877. The summed E-state index contributed by atoms with van der Waals surface area (Å²) in [5.74, 6) is -1.60. The zero-order chi connectivity index (χ0) is 26.9. The minimum Gasteiger partial charge on any atom is -0.480 e. The van der Waals surface area contributed by atoms with Gasteiger partial charge in [0.05, 0.1) is 11.4 Å².